The SMILES string of the molecule is CCc1cnc(CNC(=O)N2CCC(CCC(=O)O)C2)o1. The molecule has 2 heterocycles. The molecular weight excluding hydrogens is 274 g/mol. The fourth-order valence-corrected chi connectivity index (χ4v) is 2.44. The van der Waals surface area contributed by atoms with Crippen LogP contribution in [-0.4, -0.2) is 40.1 Å². The Balaban J connectivity index is 1.72. The Morgan fingerprint density at radius 1 is 1.57 bits per heavy atom. The van der Waals surface area contributed by atoms with Crippen molar-refractivity contribution >= 4 is 12.0 Å². The van der Waals surface area contributed by atoms with Gasteiger partial charge in [-0.25, -0.2) is 9.78 Å². The molecule has 1 fully saturated rings. The molecule has 116 valence electrons. The summed E-state index contributed by atoms with van der Waals surface area (Å²) in [6.45, 7) is 3.53. The molecule has 7 heteroatoms. The van der Waals surface area contributed by atoms with Crippen LogP contribution in [0.2, 0.25) is 0 Å². The molecular formula is C14H21N3O4. The molecule has 1 aromatic heterocycles. The number of aryl methyl sites for hydroxylation is 1. The molecule has 0 saturated carbocycles. The third kappa shape index (κ3) is 4.47. The van der Waals surface area contributed by atoms with Gasteiger partial charge in [0, 0.05) is 25.9 Å². The van der Waals surface area contributed by atoms with Crippen LogP contribution in [0.5, 0.6) is 0 Å². The van der Waals surface area contributed by atoms with Gasteiger partial charge in [-0.05, 0) is 18.8 Å². The van der Waals surface area contributed by atoms with E-state index in [0.717, 1.165) is 18.6 Å². The topological polar surface area (TPSA) is 95.7 Å². The number of likely N-dealkylation sites (tertiary alicyclic amines) is 1. The highest BCUT2D eigenvalue weighted by Crippen LogP contribution is 2.21. The van der Waals surface area contributed by atoms with Gasteiger partial charge in [0.1, 0.15) is 5.76 Å². The number of urea groups is 1. The van der Waals surface area contributed by atoms with Crippen molar-refractivity contribution in [2.24, 2.45) is 5.92 Å². The summed E-state index contributed by atoms with van der Waals surface area (Å²) in [6, 6.07) is -0.149. The zero-order valence-electron chi connectivity index (χ0n) is 12.2. The maximum absolute atomic E-state index is 12.0. The number of carbonyl (C=O) groups excluding carboxylic acids is 1. The van der Waals surface area contributed by atoms with E-state index in [-0.39, 0.29) is 24.9 Å². The number of hydrogen-bond acceptors (Lipinski definition) is 4. The van der Waals surface area contributed by atoms with E-state index >= 15 is 0 Å². The molecule has 1 aliphatic heterocycles. The lowest BCUT2D eigenvalue weighted by Crippen LogP contribution is -2.38. The molecule has 1 saturated heterocycles. The molecule has 2 N–H and O–H groups in total. The van der Waals surface area contributed by atoms with Crippen LogP contribution in [0.15, 0.2) is 10.6 Å². The molecule has 1 aliphatic rings. The van der Waals surface area contributed by atoms with Crippen molar-refractivity contribution in [3.63, 3.8) is 0 Å². The van der Waals surface area contributed by atoms with Crippen molar-refractivity contribution in [3.05, 3.63) is 17.8 Å². The van der Waals surface area contributed by atoms with Gasteiger partial charge in [0.05, 0.1) is 12.7 Å². The van der Waals surface area contributed by atoms with Crippen molar-refractivity contribution < 1.29 is 19.1 Å². The van der Waals surface area contributed by atoms with Gasteiger partial charge in [0.25, 0.3) is 0 Å². The number of amides is 2. The maximum atomic E-state index is 12.0. The lowest BCUT2D eigenvalue weighted by molar-refractivity contribution is -0.137. The van der Waals surface area contributed by atoms with Gasteiger partial charge in [-0.1, -0.05) is 6.92 Å². The highest BCUT2D eigenvalue weighted by atomic mass is 16.4. The van der Waals surface area contributed by atoms with E-state index in [4.69, 9.17) is 9.52 Å². The van der Waals surface area contributed by atoms with E-state index < -0.39 is 5.97 Å². The zero-order valence-corrected chi connectivity index (χ0v) is 12.2. The van der Waals surface area contributed by atoms with Crippen LogP contribution in [0.1, 0.15) is 37.8 Å². The zero-order chi connectivity index (χ0) is 15.2. The molecule has 2 amide bonds. The first kappa shape index (κ1) is 15.3. The van der Waals surface area contributed by atoms with E-state index in [0.29, 0.717) is 25.4 Å². The van der Waals surface area contributed by atoms with E-state index in [9.17, 15) is 9.59 Å². The minimum atomic E-state index is -0.784. The molecule has 0 radical (unpaired) electrons. The van der Waals surface area contributed by atoms with Gasteiger partial charge in [-0.3, -0.25) is 4.79 Å². The molecule has 0 spiro atoms. The quantitative estimate of drug-likeness (QED) is 0.831. The Kier molecular flexibility index (Phi) is 5.19. The summed E-state index contributed by atoms with van der Waals surface area (Å²) in [4.78, 5) is 28.4. The Labute approximate surface area is 123 Å². The maximum Gasteiger partial charge on any atom is 0.317 e. The van der Waals surface area contributed by atoms with E-state index in [2.05, 4.69) is 10.3 Å². The molecule has 1 unspecified atom stereocenters. The number of nitrogens with zero attached hydrogens (tertiary/aromatic N) is 2. The van der Waals surface area contributed by atoms with E-state index in [1.807, 2.05) is 6.92 Å². The summed E-state index contributed by atoms with van der Waals surface area (Å²) < 4.78 is 5.42. The Morgan fingerprint density at radius 2 is 2.38 bits per heavy atom. The number of carboxylic acids is 1. The third-order valence-corrected chi connectivity index (χ3v) is 3.68. The van der Waals surface area contributed by atoms with Crippen molar-refractivity contribution in [3.8, 4) is 0 Å². The fraction of sp³-hybridized carbons (Fsp3) is 0.643. The lowest BCUT2D eigenvalue weighted by atomic mass is 10.0. The predicted molar refractivity (Wildman–Crippen MR) is 74.7 cm³/mol. The average Bonchev–Trinajstić information content (AvgIpc) is 3.11. The van der Waals surface area contributed by atoms with Crippen molar-refractivity contribution in [1.82, 2.24) is 15.2 Å². The second kappa shape index (κ2) is 7.10. The van der Waals surface area contributed by atoms with Gasteiger partial charge in [0.15, 0.2) is 0 Å². The summed E-state index contributed by atoms with van der Waals surface area (Å²) in [5, 5.41) is 11.4. The monoisotopic (exact) mass is 295 g/mol. The van der Waals surface area contributed by atoms with E-state index in [1.165, 1.54) is 0 Å². The number of carboxylic acid groups (broad SMARTS) is 1. The molecule has 0 aliphatic carbocycles. The predicted octanol–water partition coefficient (Wildman–Crippen LogP) is 1.63. The standard InChI is InChI=1S/C14H21N3O4/c1-2-11-7-15-12(21-11)8-16-14(20)17-6-5-10(9-17)3-4-13(18)19/h7,10H,2-6,8-9H2,1H3,(H,16,20)(H,18,19). The number of nitrogens with one attached hydrogen (secondary N) is 1. The van der Waals surface area contributed by atoms with Gasteiger partial charge in [-0.2, -0.15) is 0 Å². The van der Waals surface area contributed by atoms with Gasteiger partial charge < -0.3 is 19.7 Å². The first-order chi connectivity index (χ1) is 10.1. The lowest BCUT2D eigenvalue weighted by Gasteiger charge is -2.16. The van der Waals surface area contributed by atoms with Gasteiger partial charge in [-0.15, -0.1) is 0 Å². The second-order valence-electron chi connectivity index (χ2n) is 5.27. The largest absolute Gasteiger partial charge is 0.481 e. The fourth-order valence-electron chi connectivity index (χ4n) is 2.44. The van der Waals surface area contributed by atoms with Crippen LogP contribution in [0.4, 0.5) is 4.79 Å². The number of aliphatic carboxylic acids is 1. The Hall–Kier alpha value is -2.05. The Bertz CT molecular complexity index is 500. The van der Waals surface area contributed by atoms with Crippen LogP contribution in [0, 0.1) is 5.92 Å². The van der Waals surface area contributed by atoms with Crippen LogP contribution in [0.25, 0.3) is 0 Å². The molecule has 0 bridgehead atoms. The summed E-state index contributed by atoms with van der Waals surface area (Å²) >= 11 is 0. The van der Waals surface area contributed by atoms with Crippen molar-refractivity contribution in [2.45, 2.75) is 39.2 Å². The second-order valence-corrected chi connectivity index (χ2v) is 5.27. The first-order valence-electron chi connectivity index (χ1n) is 7.26. The minimum Gasteiger partial charge on any atom is -0.481 e. The number of rotatable bonds is 6. The summed E-state index contributed by atoms with van der Waals surface area (Å²) in [5.74, 6) is 0.796. The average molecular weight is 295 g/mol. The molecule has 1 aromatic rings. The van der Waals surface area contributed by atoms with E-state index in [1.54, 1.807) is 11.1 Å². The number of aromatic nitrogens is 1. The summed E-state index contributed by atoms with van der Waals surface area (Å²) in [7, 11) is 0. The molecule has 21 heavy (non-hydrogen) atoms. The highest BCUT2D eigenvalue weighted by Gasteiger charge is 2.26. The molecule has 7 nitrogen and oxygen atoms in total. The number of carbonyl (C=O) groups is 2. The smallest absolute Gasteiger partial charge is 0.317 e. The van der Waals surface area contributed by atoms with Crippen LogP contribution >= 0.6 is 0 Å². The number of hydrogen-bond donors (Lipinski definition) is 2. The van der Waals surface area contributed by atoms with Crippen LogP contribution in [-0.2, 0) is 17.8 Å². The number of oxazole rings is 1. The van der Waals surface area contributed by atoms with Crippen molar-refractivity contribution in [1.29, 1.82) is 0 Å². The highest BCUT2D eigenvalue weighted by molar-refractivity contribution is 5.74. The van der Waals surface area contributed by atoms with Crippen LogP contribution < -0.4 is 5.32 Å². The van der Waals surface area contributed by atoms with Crippen LogP contribution in [0.3, 0.4) is 0 Å². The minimum absolute atomic E-state index is 0.149. The Morgan fingerprint density at radius 3 is 3.05 bits per heavy atom. The summed E-state index contributed by atoms with van der Waals surface area (Å²) in [6.07, 6.45) is 4.09. The first-order valence-corrected chi connectivity index (χ1v) is 7.26. The third-order valence-electron chi connectivity index (χ3n) is 3.68. The van der Waals surface area contributed by atoms with Gasteiger partial charge >= 0.3 is 12.0 Å². The molecule has 0 aromatic carbocycles. The normalized spacial score (nSPS) is 18.0. The summed E-state index contributed by atoms with van der Waals surface area (Å²) in [5.41, 5.74) is 0. The van der Waals surface area contributed by atoms with Crippen molar-refractivity contribution in [2.75, 3.05) is 13.1 Å². The van der Waals surface area contributed by atoms with Gasteiger partial charge in [0.2, 0.25) is 5.89 Å². The molecule has 2 rings (SSSR count). The molecule has 1 atom stereocenters.